The van der Waals surface area contributed by atoms with E-state index in [0.717, 1.165) is 45.2 Å². The highest BCUT2D eigenvalue weighted by Crippen LogP contribution is 2.57. The molecule has 52 heavy (non-hydrogen) atoms. The first-order valence-electron chi connectivity index (χ1n) is 19.7. The monoisotopic (exact) mass is 731 g/mol. The van der Waals surface area contributed by atoms with E-state index >= 15 is 0 Å². The number of hydrogen-bond donors (Lipinski definition) is 4. The van der Waals surface area contributed by atoms with Crippen LogP contribution in [0.1, 0.15) is 128 Å². The number of morpholine rings is 1. The Morgan fingerprint density at radius 3 is 1.94 bits per heavy atom. The molecule has 2 aliphatic heterocycles. The predicted molar refractivity (Wildman–Crippen MR) is 202 cm³/mol. The lowest BCUT2D eigenvalue weighted by atomic mass is 9.54. The molecule has 5 atom stereocenters. The first-order chi connectivity index (χ1) is 23.8. The molecule has 0 aromatic carbocycles. The van der Waals surface area contributed by atoms with E-state index in [1.807, 2.05) is 20.8 Å². The van der Waals surface area contributed by atoms with Gasteiger partial charge in [0.05, 0.1) is 18.2 Å². The van der Waals surface area contributed by atoms with Crippen LogP contribution in [0.2, 0.25) is 0 Å². The van der Waals surface area contributed by atoms with E-state index in [0.29, 0.717) is 38.5 Å². The van der Waals surface area contributed by atoms with Crippen molar-refractivity contribution in [3.8, 4) is 0 Å². The Kier molecular flexibility index (Phi) is 12.6. The Balaban J connectivity index is 1.59. The minimum Gasteiger partial charge on any atom is -0.373 e. The smallest absolute Gasteiger partial charge is 0.315 e. The van der Waals surface area contributed by atoms with Crippen LogP contribution in [0.3, 0.4) is 0 Å². The molecule has 4 aliphatic rings. The van der Waals surface area contributed by atoms with E-state index in [-0.39, 0.29) is 34.3 Å². The van der Waals surface area contributed by atoms with E-state index in [4.69, 9.17) is 10.5 Å². The number of Topliss-reactive ketones (excluding diaryl/α,β-unsaturated/α-hetero) is 1. The summed E-state index contributed by atoms with van der Waals surface area (Å²) in [5.41, 5.74) is 3.59. The minimum atomic E-state index is -1.08. The highest BCUT2D eigenvalue weighted by atomic mass is 16.5. The van der Waals surface area contributed by atoms with E-state index in [1.165, 1.54) is 6.42 Å². The molecule has 12 nitrogen and oxygen atoms in total. The van der Waals surface area contributed by atoms with Gasteiger partial charge in [-0.05, 0) is 73.0 Å². The van der Waals surface area contributed by atoms with Gasteiger partial charge in [0, 0.05) is 32.2 Å². The molecule has 5 amide bonds. The fourth-order valence-electron chi connectivity index (χ4n) is 8.59. The number of primary amides is 1. The van der Waals surface area contributed by atoms with Crippen LogP contribution >= 0.6 is 0 Å². The Hall–Kier alpha value is -2.73. The van der Waals surface area contributed by atoms with Gasteiger partial charge in [-0.25, -0.2) is 4.79 Å². The van der Waals surface area contributed by atoms with Crippen LogP contribution in [0.25, 0.3) is 0 Å². The molecule has 0 spiro atoms. The molecule has 0 aromatic heterocycles. The number of carbonyl (C=O) groups is 5. The number of urea groups is 1. The van der Waals surface area contributed by atoms with E-state index in [2.05, 4.69) is 76.2 Å². The molecule has 0 radical (unpaired) electrons. The zero-order chi connectivity index (χ0) is 39.0. The number of ketones is 1. The van der Waals surface area contributed by atoms with Crippen LogP contribution < -0.4 is 21.7 Å². The van der Waals surface area contributed by atoms with Gasteiger partial charge in [-0.15, -0.1) is 0 Å². The van der Waals surface area contributed by atoms with Gasteiger partial charge in [-0.1, -0.05) is 88.0 Å². The Labute approximate surface area is 312 Å². The van der Waals surface area contributed by atoms with E-state index in [9.17, 15) is 24.0 Å². The number of amides is 5. The van der Waals surface area contributed by atoms with Crippen molar-refractivity contribution in [1.82, 2.24) is 25.8 Å². The van der Waals surface area contributed by atoms with Crippen molar-refractivity contribution in [2.45, 2.75) is 157 Å². The van der Waals surface area contributed by atoms with Crippen LogP contribution in [-0.2, 0) is 23.9 Å². The molecule has 4 rings (SSSR count). The van der Waals surface area contributed by atoms with Gasteiger partial charge in [0.15, 0.2) is 0 Å². The minimum absolute atomic E-state index is 0.177. The average molecular weight is 731 g/mol. The lowest BCUT2D eigenvalue weighted by Crippen LogP contribution is -2.62. The predicted octanol–water partition coefficient (Wildman–Crippen LogP) is 4.39. The zero-order valence-electron chi connectivity index (χ0n) is 34.1. The van der Waals surface area contributed by atoms with Crippen molar-refractivity contribution in [3.63, 3.8) is 0 Å². The summed E-state index contributed by atoms with van der Waals surface area (Å²) in [6.07, 6.45) is 7.04. The number of nitrogens with two attached hydrogens (primary N) is 1. The normalized spacial score (nSPS) is 26.4. The lowest BCUT2D eigenvalue weighted by molar-refractivity contribution is -0.143. The van der Waals surface area contributed by atoms with E-state index < -0.39 is 52.6 Å². The van der Waals surface area contributed by atoms with Crippen molar-refractivity contribution in [1.29, 1.82) is 0 Å². The van der Waals surface area contributed by atoms with Crippen LogP contribution in [0.15, 0.2) is 0 Å². The number of likely N-dealkylation sites (tertiary alicyclic amines) is 1. The van der Waals surface area contributed by atoms with Crippen LogP contribution in [0.5, 0.6) is 0 Å². The fourth-order valence-corrected chi connectivity index (χ4v) is 8.59. The molecule has 4 fully saturated rings. The number of hydrogen-bond acceptors (Lipinski definition) is 7. The summed E-state index contributed by atoms with van der Waals surface area (Å²) in [5, 5.41) is 9.12. The molecule has 2 aliphatic carbocycles. The molecule has 2 unspecified atom stereocenters. The summed E-state index contributed by atoms with van der Waals surface area (Å²) in [6.45, 7) is 25.9. The highest BCUT2D eigenvalue weighted by Gasteiger charge is 2.57. The SMILES string of the molecule is CC1(C)CN(C[C@@H](NC(=O)N[C@@H](C(=O)N2CC(C)(C(C)(C)C3CCC3)C[C@H]2C(=O)NC(CC2CCC2)C(=O)C(N)=O)C(C)(C)C)C(C)(C)C)CCO1. The molecule has 2 saturated carbocycles. The molecular weight excluding hydrogens is 660 g/mol. The zero-order valence-corrected chi connectivity index (χ0v) is 34.1. The van der Waals surface area contributed by atoms with Gasteiger partial charge in [-0.3, -0.25) is 24.1 Å². The summed E-state index contributed by atoms with van der Waals surface area (Å²) >= 11 is 0. The third kappa shape index (κ3) is 9.68. The van der Waals surface area contributed by atoms with Gasteiger partial charge < -0.3 is 31.3 Å². The molecular formula is C40H70N6O6. The number of rotatable bonds is 13. The molecule has 12 heteroatoms. The van der Waals surface area contributed by atoms with Crippen LogP contribution in [-0.4, -0.2) is 102 Å². The number of ether oxygens (including phenoxy) is 1. The van der Waals surface area contributed by atoms with Crippen molar-refractivity contribution >= 4 is 29.5 Å². The lowest BCUT2D eigenvalue weighted by Gasteiger charge is -2.50. The molecule has 0 aromatic rings. The Bertz CT molecular complexity index is 1340. The first-order valence-corrected chi connectivity index (χ1v) is 19.7. The van der Waals surface area contributed by atoms with Gasteiger partial charge in [0.2, 0.25) is 17.6 Å². The van der Waals surface area contributed by atoms with Crippen molar-refractivity contribution < 1.29 is 28.7 Å². The van der Waals surface area contributed by atoms with Crippen LogP contribution in [0.4, 0.5) is 4.79 Å². The van der Waals surface area contributed by atoms with Crippen molar-refractivity contribution in [2.75, 3.05) is 32.8 Å². The third-order valence-electron chi connectivity index (χ3n) is 13.2. The second-order valence-electron chi connectivity index (χ2n) is 20.1. The Morgan fingerprint density at radius 2 is 1.46 bits per heavy atom. The van der Waals surface area contributed by atoms with Gasteiger partial charge in [0.25, 0.3) is 5.91 Å². The molecule has 0 bridgehead atoms. The average Bonchev–Trinajstić information content (AvgIpc) is 3.33. The maximum Gasteiger partial charge on any atom is 0.315 e. The second kappa shape index (κ2) is 15.6. The standard InChI is InChI=1S/C40H70N6O6/c1-36(2,3)29(22-45-18-19-52-38(7,8)23-45)43-35(51)44-31(37(4,5)6)34(50)46-24-40(11,39(9,10)26-16-13-17-26)21-28(46)33(49)42-27(30(47)32(41)48)20-25-14-12-15-25/h25-29,31H,12-24H2,1-11H3,(H2,41,48)(H,42,49)(H2,43,44,51)/t27?,28-,29+,31-,40?/m0/s1. The maximum atomic E-state index is 14.9. The van der Waals surface area contributed by atoms with Crippen molar-refractivity contribution in [2.24, 2.45) is 39.2 Å². The Morgan fingerprint density at radius 1 is 0.846 bits per heavy atom. The van der Waals surface area contributed by atoms with Gasteiger partial charge >= 0.3 is 6.03 Å². The topological polar surface area (TPSA) is 163 Å². The highest BCUT2D eigenvalue weighted by molar-refractivity contribution is 6.37. The summed E-state index contributed by atoms with van der Waals surface area (Å²) in [7, 11) is 0. The molecule has 2 saturated heterocycles. The largest absolute Gasteiger partial charge is 0.373 e. The third-order valence-corrected chi connectivity index (χ3v) is 13.2. The number of nitrogens with one attached hydrogen (secondary N) is 3. The van der Waals surface area contributed by atoms with Crippen molar-refractivity contribution in [3.05, 3.63) is 0 Å². The summed E-state index contributed by atoms with van der Waals surface area (Å²) in [6, 6.07) is -3.52. The summed E-state index contributed by atoms with van der Waals surface area (Å²) in [4.78, 5) is 72.0. The van der Waals surface area contributed by atoms with E-state index in [1.54, 1.807) is 4.90 Å². The number of nitrogens with zero attached hydrogens (tertiary/aromatic N) is 2. The quantitative estimate of drug-likeness (QED) is 0.204. The molecule has 5 N–H and O–H groups in total. The maximum absolute atomic E-state index is 14.9. The van der Waals surface area contributed by atoms with Gasteiger partial charge in [0.1, 0.15) is 12.1 Å². The fraction of sp³-hybridized carbons (Fsp3) is 0.875. The second-order valence-corrected chi connectivity index (χ2v) is 20.1. The first kappa shape index (κ1) is 42.0. The summed E-state index contributed by atoms with van der Waals surface area (Å²) in [5.74, 6) is -1.98. The molecule has 2 heterocycles. The summed E-state index contributed by atoms with van der Waals surface area (Å²) < 4.78 is 5.91. The van der Waals surface area contributed by atoms with Gasteiger partial charge in [-0.2, -0.15) is 0 Å². The van der Waals surface area contributed by atoms with Crippen LogP contribution in [0, 0.1) is 33.5 Å². The molecule has 296 valence electrons. The number of carbonyl (C=O) groups excluding carboxylic acids is 5.